The zero-order chi connectivity index (χ0) is 15.6. The number of rotatable bonds is 5. The van der Waals surface area contributed by atoms with Crippen molar-refractivity contribution < 1.29 is 12.9 Å². The van der Waals surface area contributed by atoms with Crippen LogP contribution in [0.4, 0.5) is 11.4 Å². The summed E-state index contributed by atoms with van der Waals surface area (Å²) >= 11 is 0. The van der Waals surface area contributed by atoms with Gasteiger partial charge in [-0.3, -0.25) is 0 Å². The normalized spacial score (nSPS) is 11.6. The van der Waals surface area contributed by atoms with Crippen LogP contribution in [0.25, 0.3) is 0 Å². The molecule has 0 aliphatic carbocycles. The molecule has 0 amide bonds. The molecular formula is C13H18N4O3S. The van der Waals surface area contributed by atoms with Gasteiger partial charge < -0.3 is 15.6 Å². The van der Waals surface area contributed by atoms with Crippen molar-refractivity contribution in [2.75, 3.05) is 18.1 Å². The summed E-state index contributed by atoms with van der Waals surface area (Å²) in [5.41, 5.74) is 8.20. The fourth-order valence-corrected chi connectivity index (χ4v) is 2.90. The van der Waals surface area contributed by atoms with Gasteiger partial charge in [0.2, 0.25) is 10.0 Å². The fourth-order valence-electron chi connectivity index (χ4n) is 1.96. The number of sulfonamides is 1. The smallest absolute Gasteiger partial charge is 0.242 e. The van der Waals surface area contributed by atoms with E-state index in [1.807, 2.05) is 13.8 Å². The van der Waals surface area contributed by atoms with Gasteiger partial charge in [-0.15, -0.1) is 0 Å². The lowest BCUT2D eigenvalue weighted by Gasteiger charge is -2.12. The topological polar surface area (TPSA) is 110 Å². The van der Waals surface area contributed by atoms with Gasteiger partial charge in [-0.25, -0.2) is 13.1 Å². The van der Waals surface area contributed by atoms with Crippen LogP contribution in [-0.2, 0) is 16.6 Å². The Kier molecular flexibility index (Phi) is 4.19. The first kappa shape index (κ1) is 15.3. The molecule has 21 heavy (non-hydrogen) atoms. The van der Waals surface area contributed by atoms with Crippen molar-refractivity contribution in [2.45, 2.75) is 25.3 Å². The van der Waals surface area contributed by atoms with Crippen LogP contribution in [0.2, 0.25) is 0 Å². The molecule has 1 aromatic heterocycles. The predicted octanol–water partition coefficient (Wildman–Crippen LogP) is 1.39. The second-order valence-corrected chi connectivity index (χ2v) is 6.47. The number of hydrogen-bond donors (Lipinski definition) is 3. The Balaban J connectivity index is 2.33. The maximum atomic E-state index is 12.0. The molecular weight excluding hydrogens is 292 g/mol. The number of nitrogens with one attached hydrogen (secondary N) is 2. The summed E-state index contributed by atoms with van der Waals surface area (Å²) < 4.78 is 31.4. The van der Waals surface area contributed by atoms with E-state index in [-0.39, 0.29) is 4.90 Å². The van der Waals surface area contributed by atoms with Gasteiger partial charge in [0, 0.05) is 17.8 Å². The molecule has 4 N–H and O–H groups in total. The minimum Gasteiger partial charge on any atom is -0.399 e. The molecule has 0 unspecified atom stereocenters. The van der Waals surface area contributed by atoms with E-state index in [9.17, 15) is 8.42 Å². The van der Waals surface area contributed by atoms with Crippen LogP contribution in [0, 0.1) is 13.8 Å². The lowest BCUT2D eigenvalue weighted by Crippen LogP contribution is -2.20. The summed E-state index contributed by atoms with van der Waals surface area (Å²) in [7, 11) is -2.24. The first-order valence-electron chi connectivity index (χ1n) is 6.34. The first-order valence-corrected chi connectivity index (χ1v) is 7.82. The molecule has 1 aromatic carbocycles. The largest absolute Gasteiger partial charge is 0.399 e. The van der Waals surface area contributed by atoms with E-state index >= 15 is 0 Å². The summed E-state index contributed by atoms with van der Waals surface area (Å²) in [6.07, 6.45) is 0. The van der Waals surface area contributed by atoms with E-state index in [1.165, 1.54) is 13.1 Å². The maximum Gasteiger partial charge on any atom is 0.242 e. The van der Waals surface area contributed by atoms with Crippen molar-refractivity contribution in [2.24, 2.45) is 0 Å². The van der Waals surface area contributed by atoms with Gasteiger partial charge >= 0.3 is 0 Å². The van der Waals surface area contributed by atoms with Crippen LogP contribution >= 0.6 is 0 Å². The number of aromatic nitrogens is 1. The molecule has 0 spiro atoms. The quantitative estimate of drug-likeness (QED) is 0.720. The molecule has 0 aliphatic rings. The highest BCUT2D eigenvalue weighted by atomic mass is 32.2. The summed E-state index contributed by atoms with van der Waals surface area (Å²) in [4.78, 5) is 0.108. The SMILES string of the molecule is CNS(=O)(=O)c1cc(N)ccc1NCc1c(C)noc1C. The molecule has 114 valence electrons. The van der Waals surface area contributed by atoms with E-state index in [0.29, 0.717) is 23.7 Å². The van der Waals surface area contributed by atoms with Gasteiger partial charge in [0.25, 0.3) is 0 Å². The molecule has 2 aromatic rings. The monoisotopic (exact) mass is 310 g/mol. The molecule has 0 fully saturated rings. The number of benzene rings is 1. The van der Waals surface area contributed by atoms with Crippen LogP contribution in [-0.4, -0.2) is 20.6 Å². The van der Waals surface area contributed by atoms with Gasteiger partial charge in [0.15, 0.2) is 0 Å². The number of hydrogen-bond acceptors (Lipinski definition) is 6. The average molecular weight is 310 g/mol. The third kappa shape index (κ3) is 3.17. The molecule has 0 atom stereocenters. The molecule has 2 rings (SSSR count). The third-order valence-corrected chi connectivity index (χ3v) is 4.65. The molecule has 0 radical (unpaired) electrons. The minimum atomic E-state index is -3.59. The van der Waals surface area contributed by atoms with Gasteiger partial charge in [-0.1, -0.05) is 5.16 Å². The van der Waals surface area contributed by atoms with Crippen molar-refractivity contribution in [3.05, 3.63) is 35.2 Å². The van der Waals surface area contributed by atoms with Crippen LogP contribution in [0.3, 0.4) is 0 Å². The highest BCUT2D eigenvalue weighted by Gasteiger charge is 2.18. The van der Waals surface area contributed by atoms with Crippen molar-refractivity contribution in [1.82, 2.24) is 9.88 Å². The van der Waals surface area contributed by atoms with Crippen molar-refractivity contribution in [1.29, 1.82) is 0 Å². The van der Waals surface area contributed by atoms with E-state index in [2.05, 4.69) is 15.2 Å². The molecule has 8 heteroatoms. The Labute approximate surface area is 123 Å². The zero-order valence-electron chi connectivity index (χ0n) is 12.1. The standard InChI is InChI=1S/C13H18N4O3S/c1-8-11(9(2)20-17-8)7-16-12-5-4-10(14)6-13(12)21(18,19)15-3/h4-6,15-16H,7,14H2,1-3H3. The van der Waals surface area contributed by atoms with Crippen LogP contribution < -0.4 is 15.8 Å². The van der Waals surface area contributed by atoms with E-state index < -0.39 is 10.0 Å². The number of nitrogen functional groups attached to an aromatic ring is 1. The summed E-state index contributed by atoms with van der Waals surface area (Å²) in [5, 5.41) is 6.95. The highest BCUT2D eigenvalue weighted by Crippen LogP contribution is 2.25. The number of anilines is 2. The second kappa shape index (κ2) is 5.74. The van der Waals surface area contributed by atoms with Gasteiger partial charge in [0.1, 0.15) is 10.7 Å². The van der Waals surface area contributed by atoms with Crippen LogP contribution in [0.1, 0.15) is 17.0 Å². The molecule has 0 saturated carbocycles. The number of nitrogens with zero attached hydrogens (tertiary/aromatic N) is 1. The Hall–Kier alpha value is -2.06. The van der Waals surface area contributed by atoms with Crippen molar-refractivity contribution in [3.63, 3.8) is 0 Å². The molecule has 0 bridgehead atoms. The molecule has 0 aliphatic heterocycles. The number of nitrogens with two attached hydrogens (primary N) is 1. The summed E-state index contributed by atoms with van der Waals surface area (Å²) in [6, 6.07) is 4.70. The Morgan fingerprint density at radius 1 is 1.33 bits per heavy atom. The van der Waals surface area contributed by atoms with E-state index in [1.54, 1.807) is 12.1 Å². The van der Waals surface area contributed by atoms with Gasteiger partial charge in [-0.2, -0.15) is 0 Å². The fraction of sp³-hybridized carbons (Fsp3) is 0.308. The molecule has 1 heterocycles. The molecule has 7 nitrogen and oxygen atoms in total. The summed E-state index contributed by atoms with van der Waals surface area (Å²) in [5.74, 6) is 0.702. The van der Waals surface area contributed by atoms with E-state index in [0.717, 1.165) is 11.3 Å². The van der Waals surface area contributed by atoms with Crippen molar-refractivity contribution >= 4 is 21.4 Å². The van der Waals surface area contributed by atoms with Gasteiger partial charge in [0.05, 0.1) is 11.4 Å². The number of aryl methyl sites for hydroxylation is 2. The first-order chi connectivity index (χ1) is 9.85. The van der Waals surface area contributed by atoms with Crippen LogP contribution in [0.15, 0.2) is 27.6 Å². The highest BCUT2D eigenvalue weighted by molar-refractivity contribution is 7.89. The Bertz CT molecular complexity index is 733. The Morgan fingerprint density at radius 2 is 2.05 bits per heavy atom. The summed E-state index contributed by atoms with van der Waals surface area (Å²) in [6.45, 7) is 4.06. The van der Waals surface area contributed by atoms with Crippen molar-refractivity contribution in [3.8, 4) is 0 Å². The Morgan fingerprint density at radius 3 is 2.62 bits per heavy atom. The van der Waals surface area contributed by atoms with E-state index in [4.69, 9.17) is 10.3 Å². The second-order valence-electron chi connectivity index (χ2n) is 4.62. The lowest BCUT2D eigenvalue weighted by molar-refractivity contribution is 0.392. The lowest BCUT2D eigenvalue weighted by atomic mass is 10.2. The van der Waals surface area contributed by atoms with Crippen LogP contribution in [0.5, 0.6) is 0 Å². The zero-order valence-corrected chi connectivity index (χ0v) is 12.9. The third-order valence-electron chi connectivity index (χ3n) is 3.20. The molecule has 0 saturated heterocycles. The maximum absolute atomic E-state index is 12.0. The minimum absolute atomic E-state index is 0.108. The average Bonchev–Trinajstić information content (AvgIpc) is 2.77. The predicted molar refractivity (Wildman–Crippen MR) is 80.4 cm³/mol. The van der Waals surface area contributed by atoms with Gasteiger partial charge in [-0.05, 0) is 39.1 Å².